The highest BCUT2D eigenvalue weighted by atomic mass is 32.1. The molecule has 0 spiro atoms. The molecule has 0 radical (unpaired) electrons. The van der Waals surface area contributed by atoms with E-state index in [2.05, 4.69) is 181 Å². The minimum Gasteiger partial charge on any atom is -0.309 e. The van der Waals surface area contributed by atoms with Crippen LogP contribution < -0.4 is 4.90 Å². The molecule has 0 bridgehead atoms. The van der Waals surface area contributed by atoms with Crippen molar-refractivity contribution in [2.75, 3.05) is 4.90 Å². The lowest BCUT2D eigenvalue weighted by Crippen LogP contribution is -2.11. The van der Waals surface area contributed by atoms with E-state index in [0.717, 1.165) is 17.1 Å². The summed E-state index contributed by atoms with van der Waals surface area (Å²) in [4.78, 5) is 2.44. The summed E-state index contributed by atoms with van der Waals surface area (Å²) < 4.78 is 2.63. The van der Waals surface area contributed by atoms with E-state index in [1.165, 1.54) is 64.0 Å². The van der Waals surface area contributed by atoms with Gasteiger partial charge in [0, 0.05) is 36.8 Å². The second-order valence-electron chi connectivity index (χ2n) is 11.7. The van der Waals surface area contributed by atoms with Crippen LogP contribution in [0.1, 0.15) is 0 Å². The summed E-state index contributed by atoms with van der Waals surface area (Å²) in [5.74, 6) is 0. The molecule has 0 saturated carbocycles. The van der Waals surface area contributed by atoms with Crippen LogP contribution in [0.25, 0.3) is 64.0 Å². The van der Waals surface area contributed by atoms with E-state index in [1.54, 1.807) is 0 Å². The van der Waals surface area contributed by atoms with E-state index < -0.39 is 0 Å². The first kappa shape index (κ1) is 26.7. The Morgan fingerprint density at radius 3 is 1.87 bits per heavy atom. The van der Waals surface area contributed by atoms with Gasteiger partial charge in [-0.15, -0.1) is 11.3 Å². The number of anilines is 3. The standard InChI is InChI=1S/C44H29NS/c1-2-13-33-29-34(24-23-30(33)11-1)31-25-27-35(28-26-31)45(40-20-9-14-32-12-3-4-15-36(32)40)41-19-7-5-16-37(41)38-18-10-22-43-44(38)39-17-6-8-21-42(39)46-43/h1-29H. The number of thiophene rings is 1. The van der Waals surface area contributed by atoms with E-state index in [1.807, 2.05) is 11.3 Å². The maximum absolute atomic E-state index is 2.44. The molecule has 0 fully saturated rings. The number of nitrogens with zero attached hydrogens (tertiary/aromatic N) is 1. The van der Waals surface area contributed by atoms with Crippen molar-refractivity contribution in [2.24, 2.45) is 0 Å². The first-order valence-corrected chi connectivity index (χ1v) is 16.5. The molecule has 1 heterocycles. The van der Waals surface area contributed by atoms with Gasteiger partial charge in [0.05, 0.1) is 11.4 Å². The summed E-state index contributed by atoms with van der Waals surface area (Å²) in [7, 11) is 0. The molecular formula is C44H29NS. The van der Waals surface area contributed by atoms with Gasteiger partial charge >= 0.3 is 0 Å². The highest BCUT2D eigenvalue weighted by Gasteiger charge is 2.21. The second-order valence-corrected chi connectivity index (χ2v) is 12.8. The topological polar surface area (TPSA) is 3.24 Å². The number of hydrogen-bond donors (Lipinski definition) is 0. The van der Waals surface area contributed by atoms with Crippen LogP contribution in [0.15, 0.2) is 176 Å². The molecule has 9 aromatic rings. The Balaban J connectivity index is 1.26. The zero-order valence-electron chi connectivity index (χ0n) is 25.1. The van der Waals surface area contributed by atoms with E-state index in [9.17, 15) is 0 Å². The van der Waals surface area contributed by atoms with Crippen LogP contribution in [0.4, 0.5) is 17.1 Å². The first-order valence-electron chi connectivity index (χ1n) is 15.7. The van der Waals surface area contributed by atoms with E-state index in [4.69, 9.17) is 0 Å². The SMILES string of the molecule is c1ccc(N(c2ccc(-c3ccc4ccccc4c3)cc2)c2cccc3ccccc23)c(-c2cccc3sc4ccccc4c23)c1. The molecule has 2 heteroatoms. The third kappa shape index (κ3) is 4.46. The van der Waals surface area contributed by atoms with Gasteiger partial charge in [-0.25, -0.2) is 0 Å². The van der Waals surface area contributed by atoms with Gasteiger partial charge in [-0.3, -0.25) is 0 Å². The number of rotatable bonds is 5. The fraction of sp³-hybridized carbons (Fsp3) is 0. The van der Waals surface area contributed by atoms with Gasteiger partial charge in [0.15, 0.2) is 0 Å². The average Bonchev–Trinajstić information content (AvgIpc) is 3.51. The Hall–Kier alpha value is -5.70. The summed E-state index contributed by atoms with van der Waals surface area (Å²) >= 11 is 1.87. The highest BCUT2D eigenvalue weighted by molar-refractivity contribution is 7.25. The maximum atomic E-state index is 2.44. The molecule has 8 aromatic carbocycles. The highest BCUT2D eigenvalue weighted by Crippen LogP contribution is 2.47. The van der Waals surface area contributed by atoms with E-state index >= 15 is 0 Å². The Bertz CT molecular complexity index is 2530. The minimum atomic E-state index is 1.12. The quantitative estimate of drug-likeness (QED) is 0.189. The molecule has 0 amide bonds. The molecular weight excluding hydrogens is 575 g/mol. The maximum Gasteiger partial charge on any atom is 0.0540 e. The lowest BCUT2D eigenvalue weighted by molar-refractivity contribution is 1.30. The first-order chi connectivity index (χ1) is 22.8. The number of hydrogen-bond acceptors (Lipinski definition) is 2. The number of fused-ring (bicyclic) bond motifs is 5. The zero-order valence-corrected chi connectivity index (χ0v) is 25.9. The molecule has 0 N–H and O–H groups in total. The molecule has 216 valence electrons. The van der Waals surface area contributed by atoms with Gasteiger partial charge in [0.2, 0.25) is 0 Å². The zero-order chi connectivity index (χ0) is 30.5. The summed E-state index contributed by atoms with van der Waals surface area (Å²) in [6.07, 6.45) is 0. The minimum absolute atomic E-state index is 1.12. The molecule has 0 aliphatic heterocycles. The van der Waals surface area contributed by atoms with Crippen LogP contribution >= 0.6 is 11.3 Å². The smallest absolute Gasteiger partial charge is 0.0540 e. The van der Waals surface area contributed by atoms with Crippen molar-refractivity contribution in [3.63, 3.8) is 0 Å². The third-order valence-corrected chi connectivity index (χ3v) is 10.2. The second kappa shape index (κ2) is 11.0. The number of benzene rings is 8. The van der Waals surface area contributed by atoms with Crippen molar-refractivity contribution in [2.45, 2.75) is 0 Å². The van der Waals surface area contributed by atoms with Gasteiger partial charge in [0.25, 0.3) is 0 Å². The molecule has 0 aliphatic carbocycles. The van der Waals surface area contributed by atoms with Crippen LogP contribution in [0.2, 0.25) is 0 Å². The fourth-order valence-electron chi connectivity index (χ4n) is 6.88. The van der Waals surface area contributed by atoms with Crippen molar-refractivity contribution >= 4 is 70.1 Å². The van der Waals surface area contributed by atoms with Crippen LogP contribution in [-0.4, -0.2) is 0 Å². The predicted octanol–water partition coefficient (Wildman–Crippen LogP) is 13.2. The lowest BCUT2D eigenvalue weighted by atomic mass is 9.96. The summed E-state index contributed by atoms with van der Waals surface area (Å²) in [6, 6.07) is 64.0. The molecule has 46 heavy (non-hydrogen) atoms. The lowest BCUT2D eigenvalue weighted by Gasteiger charge is -2.29. The third-order valence-electron chi connectivity index (χ3n) is 9.05. The normalized spacial score (nSPS) is 11.5. The van der Waals surface area contributed by atoms with Gasteiger partial charge in [-0.1, -0.05) is 133 Å². The van der Waals surface area contributed by atoms with Crippen molar-refractivity contribution in [3.05, 3.63) is 176 Å². The molecule has 1 aromatic heterocycles. The van der Waals surface area contributed by atoms with Gasteiger partial charge in [-0.2, -0.15) is 0 Å². The molecule has 1 nitrogen and oxygen atoms in total. The Morgan fingerprint density at radius 2 is 0.978 bits per heavy atom. The van der Waals surface area contributed by atoms with Crippen molar-refractivity contribution in [1.82, 2.24) is 0 Å². The van der Waals surface area contributed by atoms with Gasteiger partial charge in [-0.05, 0) is 75.3 Å². The van der Waals surface area contributed by atoms with Crippen molar-refractivity contribution in [3.8, 4) is 22.3 Å². The van der Waals surface area contributed by atoms with Crippen LogP contribution in [0, 0.1) is 0 Å². The van der Waals surface area contributed by atoms with Gasteiger partial charge < -0.3 is 4.90 Å². The molecule has 0 atom stereocenters. The summed E-state index contributed by atoms with van der Waals surface area (Å²) in [5, 5.41) is 7.59. The Kier molecular flexibility index (Phi) is 6.40. The number of para-hydroxylation sites is 1. The van der Waals surface area contributed by atoms with Crippen LogP contribution in [0.3, 0.4) is 0 Å². The summed E-state index contributed by atoms with van der Waals surface area (Å²) in [6.45, 7) is 0. The average molecular weight is 604 g/mol. The Morgan fingerprint density at radius 1 is 0.370 bits per heavy atom. The van der Waals surface area contributed by atoms with Crippen LogP contribution in [0.5, 0.6) is 0 Å². The van der Waals surface area contributed by atoms with Crippen LogP contribution in [-0.2, 0) is 0 Å². The van der Waals surface area contributed by atoms with Crippen molar-refractivity contribution < 1.29 is 0 Å². The molecule has 0 aliphatic rings. The monoisotopic (exact) mass is 603 g/mol. The fourth-order valence-corrected chi connectivity index (χ4v) is 8.01. The Labute approximate surface area is 272 Å². The predicted molar refractivity (Wildman–Crippen MR) is 200 cm³/mol. The molecule has 9 rings (SSSR count). The van der Waals surface area contributed by atoms with E-state index in [0.29, 0.717) is 0 Å². The molecule has 0 unspecified atom stereocenters. The van der Waals surface area contributed by atoms with Crippen molar-refractivity contribution in [1.29, 1.82) is 0 Å². The largest absolute Gasteiger partial charge is 0.309 e. The van der Waals surface area contributed by atoms with Gasteiger partial charge in [0.1, 0.15) is 0 Å². The summed E-state index contributed by atoms with van der Waals surface area (Å²) in [5.41, 5.74) is 8.32. The van der Waals surface area contributed by atoms with E-state index in [-0.39, 0.29) is 0 Å². The molecule has 0 saturated heterocycles.